The molecule has 0 radical (unpaired) electrons. The fourth-order valence-electron chi connectivity index (χ4n) is 4.18. The molecule has 4 rings (SSSR count). The summed E-state index contributed by atoms with van der Waals surface area (Å²) >= 11 is 0. The van der Waals surface area contributed by atoms with E-state index in [4.69, 9.17) is 0 Å². The predicted octanol–water partition coefficient (Wildman–Crippen LogP) is 3.49. The fraction of sp³-hybridized carbons (Fsp3) is 0.400. The molecule has 0 atom stereocenters. The molecule has 5 heteroatoms. The molecule has 2 heterocycles. The van der Waals surface area contributed by atoms with E-state index in [1.54, 1.807) is 13.8 Å². The van der Waals surface area contributed by atoms with Crippen molar-refractivity contribution in [3.05, 3.63) is 65.2 Å². The lowest BCUT2D eigenvalue weighted by Crippen LogP contribution is -2.44. The van der Waals surface area contributed by atoms with Gasteiger partial charge in [-0.1, -0.05) is 30.3 Å². The van der Waals surface area contributed by atoms with Crippen molar-refractivity contribution in [2.24, 2.45) is 0 Å². The summed E-state index contributed by atoms with van der Waals surface area (Å²) in [4.78, 5) is 19.7. The van der Waals surface area contributed by atoms with Crippen molar-refractivity contribution in [1.82, 2.24) is 4.90 Å². The number of para-hydroxylation sites is 1. The van der Waals surface area contributed by atoms with Crippen molar-refractivity contribution in [3.8, 4) is 0 Å². The number of hydrogen-bond donors (Lipinski definition) is 1. The summed E-state index contributed by atoms with van der Waals surface area (Å²) in [6.45, 7) is 8.33. The zero-order valence-corrected chi connectivity index (χ0v) is 18.1. The Balaban J connectivity index is 1.54. The Labute approximate surface area is 179 Å². The summed E-state index contributed by atoms with van der Waals surface area (Å²) in [5, 5.41) is 10.2. The number of carbonyl (C=O) groups is 1. The fourth-order valence-corrected chi connectivity index (χ4v) is 4.18. The van der Waals surface area contributed by atoms with Crippen molar-refractivity contribution in [1.29, 1.82) is 0 Å². The highest BCUT2D eigenvalue weighted by molar-refractivity contribution is 6.11. The monoisotopic (exact) mass is 405 g/mol. The Bertz CT molecular complexity index is 936. The number of benzene rings is 2. The number of amides is 1. The van der Waals surface area contributed by atoms with Crippen molar-refractivity contribution in [2.45, 2.75) is 25.9 Å². The molecule has 0 spiro atoms. The summed E-state index contributed by atoms with van der Waals surface area (Å²) in [5.41, 5.74) is 4.01. The third-order valence-corrected chi connectivity index (χ3v) is 6.12. The molecule has 2 saturated heterocycles. The van der Waals surface area contributed by atoms with E-state index in [9.17, 15) is 9.90 Å². The molecule has 0 aromatic heterocycles. The number of rotatable bonds is 4. The minimum absolute atomic E-state index is 0.0687. The minimum atomic E-state index is -0.883. The molecule has 30 heavy (non-hydrogen) atoms. The molecular weight excluding hydrogens is 374 g/mol. The lowest BCUT2D eigenvalue weighted by molar-refractivity contribution is -0.114. The second-order valence-corrected chi connectivity index (χ2v) is 8.83. The van der Waals surface area contributed by atoms with E-state index in [1.165, 1.54) is 5.69 Å². The Morgan fingerprint density at radius 2 is 1.60 bits per heavy atom. The highest BCUT2D eigenvalue weighted by atomic mass is 16.3. The van der Waals surface area contributed by atoms with Crippen LogP contribution in [0.15, 0.2) is 54.1 Å². The Hall–Kier alpha value is -2.63. The number of carbonyl (C=O) groups excluding carboxylic acids is 1. The summed E-state index contributed by atoms with van der Waals surface area (Å²) in [7, 11) is 2.16. The van der Waals surface area contributed by atoms with E-state index in [2.05, 4.69) is 41.1 Å². The van der Waals surface area contributed by atoms with E-state index in [0.717, 1.165) is 55.0 Å². The van der Waals surface area contributed by atoms with Crippen LogP contribution in [0, 0.1) is 0 Å². The number of likely N-dealkylation sites (N-methyl/N-ethyl adjacent to an activating group) is 1. The van der Waals surface area contributed by atoms with E-state index >= 15 is 0 Å². The standard InChI is InChI=1S/C25H31N3O2/c1-25(2,30)21-8-10-22(11-9-21)28-13-12-20(24(28)29)18-19-6-4-5-7-23(19)27-16-14-26(3)15-17-27/h4-11,18,30H,12-17H2,1-3H3/b20-18+. The lowest BCUT2D eigenvalue weighted by atomic mass is 9.98. The first-order valence-electron chi connectivity index (χ1n) is 10.7. The van der Waals surface area contributed by atoms with Crippen LogP contribution in [0.3, 0.4) is 0 Å². The first-order chi connectivity index (χ1) is 14.3. The van der Waals surface area contributed by atoms with E-state index in [-0.39, 0.29) is 5.91 Å². The van der Waals surface area contributed by atoms with Gasteiger partial charge in [0.1, 0.15) is 0 Å². The lowest BCUT2D eigenvalue weighted by Gasteiger charge is -2.35. The molecular formula is C25H31N3O2. The van der Waals surface area contributed by atoms with Gasteiger partial charge in [-0.15, -0.1) is 0 Å². The quantitative estimate of drug-likeness (QED) is 0.791. The molecule has 0 saturated carbocycles. The third kappa shape index (κ3) is 4.27. The van der Waals surface area contributed by atoms with Gasteiger partial charge in [0, 0.05) is 49.7 Å². The smallest absolute Gasteiger partial charge is 0.254 e. The van der Waals surface area contributed by atoms with Crippen LogP contribution in [0.2, 0.25) is 0 Å². The number of aliphatic hydroxyl groups is 1. The van der Waals surface area contributed by atoms with Gasteiger partial charge in [0.15, 0.2) is 0 Å². The second-order valence-electron chi connectivity index (χ2n) is 8.83. The van der Waals surface area contributed by atoms with Crippen LogP contribution in [0.1, 0.15) is 31.4 Å². The van der Waals surface area contributed by atoms with Crippen LogP contribution in [0.25, 0.3) is 6.08 Å². The van der Waals surface area contributed by atoms with Crippen LogP contribution in [0.5, 0.6) is 0 Å². The normalized spacial score (nSPS) is 19.7. The van der Waals surface area contributed by atoms with E-state index in [1.807, 2.05) is 35.2 Å². The predicted molar refractivity (Wildman–Crippen MR) is 123 cm³/mol. The summed E-state index contributed by atoms with van der Waals surface area (Å²) in [6, 6.07) is 16.0. The number of nitrogens with zero attached hydrogens (tertiary/aromatic N) is 3. The minimum Gasteiger partial charge on any atom is -0.386 e. The van der Waals surface area contributed by atoms with Gasteiger partial charge in [0.25, 0.3) is 5.91 Å². The van der Waals surface area contributed by atoms with Crippen molar-refractivity contribution in [3.63, 3.8) is 0 Å². The Kier molecular flexibility index (Phi) is 5.67. The molecule has 5 nitrogen and oxygen atoms in total. The topological polar surface area (TPSA) is 47.0 Å². The van der Waals surface area contributed by atoms with Crippen LogP contribution >= 0.6 is 0 Å². The zero-order chi connectivity index (χ0) is 21.3. The van der Waals surface area contributed by atoms with Crippen LogP contribution in [0.4, 0.5) is 11.4 Å². The van der Waals surface area contributed by atoms with E-state index < -0.39 is 5.60 Å². The SMILES string of the molecule is CN1CCN(c2ccccc2/C=C2\CCN(c3ccc(C(C)(C)O)cc3)C2=O)CC1. The van der Waals surface area contributed by atoms with Crippen molar-refractivity contribution < 1.29 is 9.90 Å². The second kappa shape index (κ2) is 8.25. The average molecular weight is 406 g/mol. The van der Waals surface area contributed by atoms with Crippen LogP contribution in [-0.2, 0) is 10.4 Å². The van der Waals surface area contributed by atoms with Gasteiger partial charge < -0.3 is 19.8 Å². The number of piperazine rings is 1. The summed E-state index contributed by atoms with van der Waals surface area (Å²) in [6.07, 6.45) is 2.81. The summed E-state index contributed by atoms with van der Waals surface area (Å²) < 4.78 is 0. The molecule has 2 aromatic rings. The average Bonchev–Trinajstić information content (AvgIpc) is 3.09. The molecule has 2 aliphatic rings. The molecule has 2 fully saturated rings. The van der Waals surface area contributed by atoms with Gasteiger partial charge >= 0.3 is 0 Å². The van der Waals surface area contributed by atoms with Crippen molar-refractivity contribution >= 4 is 23.4 Å². The Morgan fingerprint density at radius 1 is 0.933 bits per heavy atom. The molecule has 2 aliphatic heterocycles. The number of anilines is 2. The van der Waals surface area contributed by atoms with Gasteiger partial charge in [0.05, 0.1) is 5.60 Å². The first-order valence-corrected chi connectivity index (χ1v) is 10.7. The zero-order valence-electron chi connectivity index (χ0n) is 18.1. The molecule has 0 aliphatic carbocycles. The molecule has 0 unspecified atom stereocenters. The van der Waals surface area contributed by atoms with Crippen LogP contribution in [-0.4, -0.2) is 55.7 Å². The highest BCUT2D eigenvalue weighted by Crippen LogP contribution is 2.31. The van der Waals surface area contributed by atoms with E-state index in [0.29, 0.717) is 6.54 Å². The number of hydrogen-bond acceptors (Lipinski definition) is 4. The molecule has 1 amide bonds. The van der Waals surface area contributed by atoms with Gasteiger partial charge in [-0.3, -0.25) is 4.79 Å². The first kappa shape index (κ1) is 20.6. The van der Waals surface area contributed by atoms with Gasteiger partial charge in [-0.05, 0) is 62.7 Å². The van der Waals surface area contributed by atoms with Crippen molar-refractivity contribution in [2.75, 3.05) is 49.6 Å². The molecule has 2 aromatic carbocycles. The maximum absolute atomic E-state index is 13.1. The highest BCUT2D eigenvalue weighted by Gasteiger charge is 2.28. The molecule has 0 bridgehead atoms. The summed E-state index contributed by atoms with van der Waals surface area (Å²) in [5.74, 6) is 0.0687. The maximum atomic E-state index is 13.1. The molecule has 158 valence electrons. The van der Waals surface area contributed by atoms with Gasteiger partial charge in [0.2, 0.25) is 0 Å². The third-order valence-electron chi connectivity index (χ3n) is 6.12. The van der Waals surface area contributed by atoms with Gasteiger partial charge in [-0.2, -0.15) is 0 Å². The Morgan fingerprint density at radius 3 is 2.27 bits per heavy atom. The largest absolute Gasteiger partial charge is 0.386 e. The maximum Gasteiger partial charge on any atom is 0.254 e. The van der Waals surface area contributed by atoms with Gasteiger partial charge in [-0.25, -0.2) is 0 Å². The van der Waals surface area contributed by atoms with Crippen LogP contribution < -0.4 is 9.80 Å². The molecule has 1 N–H and O–H groups in total.